The van der Waals surface area contributed by atoms with E-state index >= 15 is 0 Å². The van der Waals surface area contributed by atoms with E-state index in [0.29, 0.717) is 35.2 Å². The highest BCUT2D eigenvalue weighted by Crippen LogP contribution is 2.28. The number of sulfonamides is 1. The molecule has 0 aliphatic heterocycles. The zero-order chi connectivity index (χ0) is 23.8. The van der Waals surface area contributed by atoms with E-state index in [1.54, 1.807) is 48.5 Å². The third-order valence-corrected chi connectivity index (χ3v) is 7.63. The molecular weight excluding hydrogens is 480 g/mol. The molecule has 6 nitrogen and oxygen atoms in total. The van der Waals surface area contributed by atoms with Crippen LogP contribution < -0.4 is 14.8 Å². The van der Waals surface area contributed by atoms with Crippen LogP contribution in [0.4, 0.5) is 11.4 Å². The number of anilines is 2. The maximum Gasteiger partial charge on any atom is 0.261 e. The summed E-state index contributed by atoms with van der Waals surface area (Å²) in [6, 6.07) is 20.1. The zero-order valence-electron chi connectivity index (χ0n) is 18.2. The fourth-order valence-corrected chi connectivity index (χ4v) is 5.08. The van der Waals surface area contributed by atoms with Crippen LogP contribution in [0.15, 0.2) is 82.6 Å². The van der Waals surface area contributed by atoms with Gasteiger partial charge in [-0.3, -0.25) is 9.52 Å². The molecule has 3 aromatic rings. The molecule has 3 rings (SSSR count). The van der Waals surface area contributed by atoms with E-state index in [-0.39, 0.29) is 16.1 Å². The van der Waals surface area contributed by atoms with Gasteiger partial charge in [0.25, 0.3) is 10.0 Å². The maximum absolute atomic E-state index is 12.7. The van der Waals surface area contributed by atoms with Gasteiger partial charge in [-0.15, -0.1) is 11.8 Å². The Hall–Kier alpha value is -2.68. The first-order valence-corrected chi connectivity index (χ1v) is 13.1. The average Bonchev–Trinajstić information content (AvgIpc) is 2.80. The zero-order valence-corrected chi connectivity index (χ0v) is 20.6. The van der Waals surface area contributed by atoms with E-state index in [2.05, 4.69) is 10.0 Å². The fraction of sp³-hybridized carbons (Fsp3) is 0.208. The third kappa shape index (κ3) is 7.15. The highest BCUT2D eigenvalue weighted by Gasteiger charge is 2.19. The van der Waals surface area contributed by atoms with Crippen LogP contribution in [-0.2, 0) is 14.8 Å². The molecule has 33 heavy (non-hydrogen) atoms. The van der Waals surface area contributed by atoms with Gasteiger partial charge in [-0.05, 0) is 86.1 Å². The molecule has 0 spiro atoms. The second-order valence-corrected chi connectivity index (χ2v) is 10.4. The molecule has 0 aromatic heterocycles. The largest absolute Gasteiger partial charge is 0.494 e. The van der Waals surface area contributed by atoms with E-state index in [1.807, 2.05) is 26.0 Å². The summed E-state index contributed by atoms with van der Waals surface area (Å²) in [4.78, 5) is 13.8. The Bertz CT molecular complexity index is 1170. The van der Waals surface area contributed by atoms with Crippen molar-refractivity contribution in [2.45, 2.75) is 35.3 Å². The molecule has 0 saturated carbocycles. The second-order valence-electron chi connectivity index (χ2n) is 7.05. The number of carbonyl (C=O) groups excluding carboxylic acids is 1. The predicted octanol–water partition coefficient (Wildman–Crippen LogP) is 6.05. The summed E-state index contributed by atoms with van der Waals surface area (Å²) in [7, 11) is -3.77. The van der Waals surface area contributed by atoms with Crippen molar-refractivity contribution in [1.29, 1.82) is 0 Å². The minimum absolute atomic E-state index is 0.0944. The number of nitrogens with one attached hydrogen (secondary N) is 2. The lowest BCUT2D eigenvalue weighted by Crippen LogP contribution is -2.24. The van der Waals surface area contributed by atoms with E-state index < -0.39 is 10.0 Å². The lowest BCUT2D eigenvalue weighted by atomic mass is 10.3. The highest BCUT2D eigenvalue weighted by atomic mass is 35.5. The topological polar surface area (TPSA) is 84.5 Å². The van der Waals surface area contributed by atoms with Crippen LogP contribution in [0.2, 0.25) is 5.02 Å². The number of hydrogen-bond donors (Lipinski definition) is 2. The van der Waals surface area contributed by atoms with Gasteiger partial charge in [0.15, 0.2) is 0 Å². The van der Waals surface area contributed by atoms with E-state index in [1.165, 1.54) is 23.9 Å². The van der Waals surface area contributed by atoms with Crippen LogP contribution in [-0.4, -0.2) is 26.2 Å². The van der Waals surface area contributed by atoms with Crippen molar-refractivity contribution in [1.82, 2.24) is 0 Å². The number of benzene rings is 3. The van der Waals surface area contributed by atoms with Gasteiger partial charge in [-0.25, -0.2) is 8.42 Å². The molecule has 3 aromatic carbocycles. The Morgan fingerprint density at radius 3 is 2.12 bits per heavy atom. The van der Waals surface area contributed by atoms with Crippen LogP contribution in [0.1, 0.15) is 20.3 Å². The smallest absolute Gasteiger partial charge is 0.261 e. The van der Waals surface area contributed by atoms with Crippen molar-refractivity contribution < 1.29 is 17.9 Å². The van der Waals surface area contributed by atoms with Gasteiger partial charge in [0.05, 0.1) is 16.8 Å². The molecule has 0 fully saturated rings. The van der Waals surface area contributed by atoms with Gasteiger partial charge in [0.2, 0.25) is 5.91 Å². The standard InChI is InChI=1S/C24H25ClN2O4S2/c1-3-23(32-21-13-5-17(25)6-14-21)24(28)26-18-9-15-22(16-10-18)33(29,30)27-19-7-11-20(12-8-19)31-4-2/h5-16,23,27H,3-4H2,1-2H3,(H,26,28). The maximum atomic E-state index is 12.7. The van der Waals surface area contributed by atoms with E-state index in [0.717, 1.165) is 4.90 Å². The first-order chi connectivity index (χ1) is 15.8. The van der Waals surface area contributed by atoms with Crippen LogP contribution in [0.5, 0.6) is 5.75 Å². The summed E-state index contributed by atoms with van der Waals surface area (Å²) in [5.41, 5.74) is 0.955. The molecular formula is C24H25ClN2O4S2. The van der Waals surface area contributed by atoms with Crippen molar-refractivity contribution in [3.63, 3.8) is 0 Å². The minimum atomic E-state index is -3.77. The van der Waals surface area contributed by atoms with Crippen LogP contribution in [0, 0.1) is 0 Å². The van der Waals surface area contributed by atoms with E-state index in [4.69, 9.17) is 16.3 Å². The average molecular weight is 505 g/mol. The van der Waals surface area contributed by atoms with Gasteiger partial charge in [0, 0.05) is 21.3 Å². The molecule has 1 amide bonds. The number of thioether (sulfide) groups is 1. The first-order valence-electron chi connectivity index (χ1n) is 10.4. The molecule has 0 aliphatic carbocycles. The molecule has 0 saturated heterocycles. The second kappa shape index (κ2) is 11.4. The summed E-state index contributed by atoms with van der Waals surface area (Å²) in [5, 5.41) is 3.20. The van der Waals surface area contributed by atoms with Crippen LogP contribution >= 0.6 is 23.4 Å². The number of rotatable bonds is 10. The van der Waals surface area contributed by atoms with Gasteiger partial charge in [0.1, 0.15) is 5.75 Å². The highest BCUT2D eigenvalue weighted by molar-refractivity contribution is 8.00. The monoisotopic (exact) mass is 504 g/mol. The van der Waals surface area contributed by atoms with Crippen molar-refractivity contribution in [2.75, 3.05) is 16.6 Å². The lowest BCUT2D eigenvalue weighted by Gasteiger charge is -2.15. The number of halogens is 1. The normalized spacial score (nSPS) is 12.1. The quantitative estimate of drug-likeness (QED) is 0.328. The molecule has 9 heteroatoms. The Balaban J connectivity index is 1.63. The first kappa shape index (κ1) is 25.0. The molecule has 1 unspecified atom stereocenters. The number of hydrogen-bond acceptors (Lipinski definition) is 5. The van der Waals surface area contributed by atoms with Crippen molar-refractivity contribution in [2.24, 2.45) is 0 Å². The van der Waals surface area contributed by atoms with Gasteiger partial charge < -0.3 is 10.1 Å². The third-order valence-electron chi connectivity index (χ3n) is 4.60. The Morgan fingerprint density at radius 1 is 0.939 bits per heavy atom. The lowest BCUT2D eigenvalue weighted by molar-refractivity contribution is -0.115. The van der Waals surface area contributed by atoms with Crippen molar-refractivity contribution >= 4 is 50.7 Å². The summed E-state index contributed by atoms with van der Waals surface area (Å²) in [6.07, 6.45) is 0.637. The molecule has 174 valence electrons. The number of amides is 1. The Kier molecular flexibility index (Phi) is 8.66. The summed E-state index contributed by atoms with van der Waals surface area (Å²) in [5.74, 6) is 0.515. The minimum Gasteiger partial charge on any atom is -0.494 e. The van der Waals surface area contributed by atoms with Crippen molar-refractivity contribution in [3.05, 3.63) is 77.8 Å². The SMILES string of the molecule is CCOc1ccc(NS(=O)(=O)c2ccc(NC(=O)C(CC)Sc3ccc(Cl)cc3)cc2)cc1. The Morgan fingerprint density at radius 2 is 1.55 bits per heavy atom. The van der Waals surface area contributed by atoms with Gasteiger partial charge >= 0.3 is 0 Å². The summed E-state index contributed by atoms with van der Waals surface area (Å²) >= 11 is 7.37. The number of ether oxygens (including phenoxy) is 1. The molecule has 0 heterocycles. The fourth-order valence-electron chi connectivity index (χ4n) is 2.94. The molecule has 1 atom stereocenters. The molecule has 0 aliphatic rings. The molecule has 2 N–H and O–H groups in total. The molecule has 0 radical (unpaired) electrons. The van der Waals surface area contributed by atoms with Crippen molar-refractivity contribution in [3.8, 4) is 5.75 Å². The molecule has 0 bridgehead atoms. The predicted molar refractivity (Wildman–Crippen MR) is 135 cm³/mol. The van der Waals surface area contributed by atoms with E-state index in [9.17, 15) is 13.2 Å². The van der Waals surface area contributed by atoms with Gasteiger partial charge in [-0.2, -0.15) is 0 Å². The van der Waals surface area contributed by atoms with Crippen LogP contribution in [0.3, 0.4) is 0 Å². The number of carbonyl (C=O) groups is 1. The summed E-state index contributed by atoms with van der Waals surface area (Å²) < 4.78 is 33.3. The Labute approximate surface area is 203 Å². The summed E-state index contributed by atoms with van der Waals surface area (Å²) in [6.45, 7) is 4.35. The van der Waals surface area contributed by atoms with Gasteiger partial charge in [-0.1, -0.05) is 18.5 Å². The van der Waals surface area contributed by atoms with Crippen LogP contribution in [0.25, 0.3) is 0 Å².